The number of benzene rings is 2. The SMILES string of the molecule is COc1ccc(/C(C)=N/NC(=S)Nc2cc(S(=O)(=O)N3CCOCC3)ccc2N2CCOCC2)c(OC)c1. The Bertz CT molecular complexity index is 1280. The summed E-state index contributed by atoms with van der Waals surface area (Å²) < 4.78 is 49.6. The topological polar surface area (TPSA) is 114 Å². The molecule has 2 saturated heterocycles. The summed E-state index contributed by atoms with van der Waals surface area (Å²) in [7, 11) is -0.518. The van der Waals surface area contributed by atoms with Gasteiger partial charge in [-0.3, -0.25) is 5.43 Å². The van der Waals surface area contributed by atoms with Crippen LogP contribution in [-0.2, 0) is 19.5 Å². The van der Waals surface area contributed by atoms with E-state index in [1.54, 1.807) is 38.5 Å². The molecule has 0 radical (unpaired) electrons. The lowest BCUT2D eigenvalue weighted by Crippen LogP contribution is -2.40. The summed E-state index contributed by atoms with van der Waals surface area (Å²) in [5, 5.41) is 7.77. The van der Waals surface area contributed by atoms with E-state index in [-0.39, 0.29) is 10.0 Å². The van der Waals surface area contributed by atoms with Gasteiger partial charge in [-0.25, -0.2) is 8.42 Å². The number of thiocarbonyl (C=S) groups is 1. The number of hydrogen-bond acceptors (Lipinski definition) is 9. The van der Waals surface area contributed by atoms with Gasteiger partial charge in [-0.15, -0.1) is 0 Å². The fourth-order valence-corrected chi connectivity index (χ4v) is 5.82. The van der Waals surface area contributed by atoms with Gasteiger partial charge in [0, 0.05) is 37.8 Å². The van der Waals surface area contributed by atoms with Gasteiger partial charge < -0.3 is 29.2 Å². The molecule has 0 aliphatic carbocycles. The number of methoxy groups -OCH3 is 2. The molecule has 0 bridgehead atoms. The number of anilines is 2. The molecule has 11 nitrogen and oxygen atoms in total. The summed E-state index contributed by atoms with van der Waals surface area (Å²) in [5.41, 5.74) is 5.67. The average Bonchev–Trinajstić information content (AvgIpc) is 2.96. The van der Waals surface area contributed by atoms with Crippen LogP contribution in [0, 0.1) is 0 Å². The van der Waals surface area contributed by atoms with E-state index >= 15 is 0 Å². The Labute approximate surface area is 228 Å². The summed E-state index contributed by atoms with van der Waals surface area (Å²) >= 11 is 5.53. The minimum atomic E-state index is -3.69. The molecule has 0 atom stereocenters. The van der Waals surface area contributed by atoms with Crippen molar-refractivity contribution in [1.82, 2.24) is 9.73 Å². The molecule has 2 aliphatic heterocycles. The van der Waals surface area contributed by atoms with Gasteiger partial charge in [-0.2, -0.15) is 9.41 Å². The Morgan fingerprint density at radius 3 is 2.32 bits per heavy atom. The lowest BCUT2D eigenvalue weighted by molar-refractivity contribution is 0.0730. The highest BCUT2D eigenvalue weighted by atomic mass is 32.2. The fourth-order valence-electron chi connectivity index (χ4n) is 4.23. The lowest BCUT2D eigenvalue weighted by Gasteiger charge is -2.31. The van der Waals surface area contributed by atoms with Crippen molar-refractivity contribution >= 4 is 44.4 Å². The number of hydrogen-bond donors (Lipinski definition) is 2. The first kappa shape index (κ1) is 28.0. The zero-order chi connectivity index (χ0) is 27.1. The molecule has 2 N–H and O–H groups in total. The van der Waals surface area contributed by atoms with Crippen LogP contribution in [0.3, 0.4) is 0 Å². The van der Waals surface area contributed by atoms with E-state index in [0.29, 0.717) is 75.5 Å². The lowest BCUT2D eigenvalue weighted by atomic mass is 10.1. The number of sulfonamides is 1. The molecule has 0 saturated carbocycles. The number of nitrogens with zero attached hydrogens (tertiary/aromatic N) is 3. The molecule has 2 aromatic rings. The van der Waals surface area contributed by atoms with Crippen LogP contribution in [0.5, 0.6) is 11.5 Å². The Balaban J connectivity index is 1.57. The summed E-state index contributed by atoms with van der Waals surface area (Å²) in [4.78, 5) is 2.32. The second-order valence-electron chi connectivity index (χ2n) is 8.62. The van der Waals surface area contributed by atoms with Crippen LogP contribution in [0.2, 0.25) is 0 Å². The van der Waals surface area contributed by atoms with Crippen LogP contribution in [0.4, 0.5) is 11.4 Å². The first-order chi connectivity index (χ1) is 18.3. The highest BCUT2D eigenvalue weighted by molar-refractivity contribution is 7.89. The number of nitrogens with one attached hydrogen (secondary N) is 2. The van der Waals surface area contributed by atoms with E-state index in [2.05, 4.69) is 20.7 Å². The minimum Gasteiger partial charge on any atom is -0.497 e. The van der Waals surface area contributed by atoms with Crippen molar-refractivity contribution in [2.24, 2.45) is 5.10 Å². The van der Waals surface area contributed by atoms with E-state index in [9.17, 15) is 8.42 Å². The molecule has 2 fully saturated rings. The van der Waals surface area contributed by atoms with Crippen LogP contribution < -0.4 is 25.1 Å². The molecule has 2 aromatic carbocycles. The molecular formula is C25H33N5O6S2. The van der Waals surface area contributed by atoms with Crippen molar-refractivity contribution in [3.05, 3.63) is 42.0 Å². The van der Waals surface area contributed by atoms with Crippen molar-refractivity contribution in [1.29, 1.82) is 0 Å². The quantitative estimate of drug-likeness (QED) is 0.282. The van der Waals surface area contributed by atoms with E-state index in [4.69, 9.17) is 31.2 Å². The second kappa shape index (κ2) is 12.7. The summed E-state index contributed by atoms with van der Waals surface area (Å²) in [6, 6.07) is 10.5. The van der Waals surface area contributed by atoms with Gasteiger partial charge in [0.1, 0.15) is 11.5 Å². The summed E-state index contributed by atoms with van der Waals surface area (Å²) in [6.07, 6.45) is 0. The molecule has 13 heteroatoms. The predicted octanol–water partition coefficient (Wildman–Crippen LogP) is 2.27. The van der Waals surface area contributed by atoms with Crippen LogP contribution in [-0.4, -0.2) is 90.4 Å². The van der Waals surface area contributed by atoms with Crippen molar-refractivity contribution < 1.29 is 27.4 Å². The molecule has 0 amide bonds. The van der Waals surface area contributed by atoms with Gasteiger partial charge in [-0.05, 0) is 49.5 Å². The molecular weight excluding hydrogens is 530 g/mol. The average molecular weight is 564 g/mol. The van der Waals surface area contributed by atoms with E-state index in [1.807, 2.05) is 19.1 Å². The smallest absolute Gasteiger partial charge is 0.243 e. The van der Waals surface area contributed by atoms with Crippen LogP contribution in [0.15, 0.2) is 46.4 Å². The fraction of sp³-hybridized carbons (Fsp3) is 0.440. The summed E-state index contributed by atoms with van der Waals surface area (Å²) in [6.45, 7) is 5.75. The Hall–Kier alpha value is -2.97. The van der Waals surface area contributed by atoms with E-state index in [0.717, 1.165) is 11.3 Å². The zero-order valence-corrected chi connectivity index (χ0v) is 23.4. The maximum atomic E-state index is 13.3. The normalized spacial score (nSPS) is 17.1. The second-order valence-corrected chi connectivity index (χ2v) is 11.0. The van der Waals surface area contributed by atoms with E-state index in [1.165, 1.54) is 4.31 Å². The van der Waals surface area contributed by atoms with Crippen LogP contribution in [0.25, 0.3) is 0 Å². The third-order valence-electron chi connectivity index (χ3n) is 6.30. The Kier molecular flexibility index (Phi) is 9.39. The predicted molar refractivity (Wildman–Crippen MR) is 150 cm³/mol. The van der Waals surface area contributed by atoms with Gasteiger partial charge in [0.25, 0.3) is 0 Å². The van der Waals surface area contributed by atoms with Crippen LogP contribution in [0.1, 0.15) is 12.5 Å². The number of morpholine rings is 2. The standard InChI is InChI=1S/C25H33N5O6S2/c1-18(21-6-4-19(33-2)16-24(21)34-3)27-28-25(37)26-22-17-20(38(31,32)30-10-14-36-15-11-30)5-7-23(22)29-8-12-35-13-9-29/h4-7,16-17H,8-15H2,1-3H3,(H2,26,28,37)/b27-18+. The maximum absolute atomic E-state index is 13.3. The van der Waals surface area contributed by atoms with Crippen LogP contribution >= 0.6 is 12.2 Å². The van der Waals surface area contributed by atoms with Crippen molar-refractivity contribution in [2.45, 2.75) is 11.8 Å². The van der Waals surface area contributed by atoms with Gasteiger partial charge >= 0.3 is 0 Å². The van der Waals surface area contributed by atoms with Crippen molar-refractivity contribution in [2.75, 3.05) is 77.0 Å². The first-order valence-electron chi connectivity index (χ1n) is 12.2. The highest BCUT2D eigenvalue weighted by Crippen LogP contribution is 2.31. The van der Waals surface area contributed by atoms with Gasteiger partial charge in [0.05, 0.1) is 62.6 Å². The number of rotatable bonds is 8. The third kappa shape index (κ3) is 6.53. The molecule has 0 aromatic heterocycles. The third-order valence-corrected chi connectivity index (χ3v) is 8.39. The maximum Gasteiger partial charge on any atom is 0.243 e. The summed E-state index contributed by atoms with van der Waals surface area (Å²) in [5.74, 6) is 1.29. The highest BCUT2D eigenvalue weighted by Gasteiger charge is 2.28. The van der Waals surface area contributed by atoms with Gasteiger partial charge in [0.2, 0.25) is 10.0 Å². The van der Waals surface area contributed by atoms with E-state index < -0.39 is 10.0 Å². The molecule has 4 rings (SSSR count). The molecule has 38 heavy (non-hydrogen) atoms. The molecule has 206 valence electrons. The molecule has 0 unspecified atom stereocenters. The van der Waals surface area contributed by atoms with Gasteiger partial charge in [-0.1, -0.05) is 0 Å². The molecule has 2 aliphatic rings. The number of hydrazone groups is 1. The molecule has 2 heterocycles. The Morgan fingerprint density at radius 1 is 0.974 bits per heavy atom. The van der Waals surface area contributed by atoms with Crippen molar-refractivity contribution in [3.8, 4) is 11.5 Å². The zero-order valence-electron chi connectivity index (χ0n) is 21.7. The molecule has 0 spiro atoms. The van der Waals surface area contributed by atoms with Gasteiger partial charge in [0.15, 0.2) is 5.11 Å². The minimum absolute atomic E-state index is 0.185. The largest absolute Gasteiger partial charge is 0.497 e. The monoisotopic (exact) mass is 563 g/mol. The first-order valence-corrected chi connectivity index (χ1v) is 14.1. The number of ether oxygens (including phenoxy) is 4. The Morgan fingerprint density at radius 2 is 1.66 bits per heavy atom. The van der Waals surface area contributed by atoms with Crippen molar-refractivity contribution in [3.63, 3.8) is 0 Å².